The molecule has 3 nitrogen and oxygen atoms in total. The average molecular weight is 240 g/mol. The monoisotopic (exact) mass is 240 g/mol. The van der Waals surface area contributed by atoms with Crippen molar-refractivity contribution < 1.29 is 12.6 Å². The fourth-order valence-corrected chi connectivity index (χ4v) is 2.62. The fourth-order valence-electron chi connectivity index (χ4n) is 1.98. The van der Waals surface area contributed by atoms with Crippen LogP contribution in [0.25, 0.3) is 0 Å². The molecule has 2 rings (SSSR count). The Hall–Kier alpha value is -0.870. The molecule has 0 aromatic heterocycles. The summed E-state index contributed by atoms with van der Waals surface area (Å²) in [6, 6.07) is 9.59. The van der Waals surface area contributed by atoms with E-state index >= 15 is 0 Å². The highest BCUT2D eigenvalue weighted by Gasteiger charge is 2.31. The van der Waals surface area contributed by atoms with Crippen molar-refractivity contribution in [3.05, 3.63) is 35.9 Å². The summed E-state index contributed by atoms with van der Waals surface area (Å²) in [4.78, 5) is 0. The Labute approximate surface area is 96.6 Å². The number of hydrogen-bond donors (Lipinski definition) is 0. The maximum Gasteiger partial charge on any atom is 0.264 e. The van der Waals surface area contributed by atoms with Crippen LogP contribution in [0.2, 0.25) is 0 Å². The van der Waals surface area contributed by atoms with Crippen molar-refractivity contribution in [1.82, 2.24) is 0 Å². The Bertz CT molecular complexity index is 435. The first-order valence-corrected chi connectivity index (χ1v) is 7.31. The van der Waals surface area contributed by atoms with E-state index in [9.17, 15) is 8.42 Å². The SMILES string of the molecule is CS(=O)(=O)OC(c1ccccc1)C1CCC1. The van der Waals surface area contributed by atoms with Gasteiger partial charge in [-0.2, -0.15) is 8.42 Å². The van der Waals surface area contributed by atoms with Crippen molar-refractivity contribution in [3.63, 3.8) is 0 Å². The molecule has 1 aliphatic rings. The largest absolute Gasteiger partial charge is 0.264 e. The summed E-state index contributed by atoms with van der Waals surface area (Å²) in [5, 5.41) is 0. The van der Waals surface area contributed by atoms with Gasteiger partial charge in [0, 0.05) is 0 Å². The standard InChI is InChI=1S/C12H16O3S/c1-16(13,14)15-12(11-8-5-9-11)10-6-3-2-4-7-10/h2-4,6-7,11-12H,5,8-9H2,1H3. The highest BCUT2D eigenvalue weighted by Crippen LogP contribution is 2.40. The van der Waals surface area contributed by atoms with Gasteiger partial charge in [0.15, 0.2) is 0 Å². The summed E-state index contributed by atoms with van der Waals surface area (Å²) in [7, 11) is -3.39. The van der Waals surface area contributed by atoms with E-state index in [4.69, 9.17) is 4.18 Å². The summed E-state index contributed by atoms with van der Waals surface area (Å²) in [5.74, 6) is 0.345. The first-order chi connectivity index (χ1) is 7.56. The number of hydrogen-bond acceptors (Lipinski definition) is 3. The minimum absolute atomic E-state index is 0.301. The van der Waals surface area contributed by atoms with Crippen molar-refractivity contribution >= 4 is 10.1 Å². The van der Waals surface area contributed by atoms with Crippen molar-refractivity contribution in [1.29, 1.82) is 0 Å². The van der Waals surface area contributed by atoms with E-state index in [1.54, 1.807) is 0 Å². The molecule has 1 aromatic rings. The van der Waals surface area contributed by atoms with Gasteiger partial charge in [0.05, 0.1) is 6.26 Å². The molecule has 4 heteroatoms. The van der Waals surface area contributed by atoms with Crippen molar-refractivity contribution in [2.45, 2.75) is 25.4 Å². The van der Waals surface area contributed by atoms with Gasteiger partial charge in [0.1, 0.15) is 6.10 Å². The molecule has 1 unspecified atom stereocenters. The maximum atomic E-state index is 11.2. The predicted molar refractivity (Wildman–Crippen MR) is 62.5 cm³/mol. The van der Waals surface area contributed by atoms with E-state index < -0.39 is 10.1 Å². The van der Waals surface area contributed by atoms with Crippen LogP contribution in [-0.2, 0) is 14.3 Å². The zero-order valence-electron chi connectivity index (χ0n) is 9.30. The van der Waals surface area contributed by atoms with Crippen LogP contribution in [0.3, 0.4) is 0 Å². The molecule has 0 spiro atoms. The van der Waals surface area contributed by atoms with Crippen molar-refractivity contribution in [2.75, 3.05) is 6.26 Å². The smallest absolute Gasteiger partial charge is 0.262 e. The summed E-state index contributed by atoms with van der Waals surface area (Å²) < 4.78 is 27.7. The Kier molecular flexibility index (Phi) is 3.30. The third kappa shape index (κ3) is 2.83. The molecule has 1 saturated carbocycles. The summed E-state index contributed by atoms with van der Waals surface area (Å²) >= 11 is 0. The number of benzene rings is 1. The average Bonchev–Trinajstić information content (AvgIpc) is 2.13. The second-order valence-electron chi connectivity index (χ2n) is 4.32. The molecule has 1 fully saturated rings. The molecule has 1 aromatic carbocycles. The highest BCUT2D eigenvalue weighted by molar-refractivity contribution is 7.86. The lowest BCUT2D eigenvalue weighted by molar-refractivity contribution is 0.0908. The van der Waals surface area contributed by atoms with Crippen LogP contribution in [0.4, 0.5) is 0 Å². The summed E-state index contributed by atoms with van der Waals surface area (Å²) in [5.41, 5.74) is 0.956. The predicted octanol–water partition coefficient (Wildman–Crippen LogP) is 2.50. The molecule has 0 amide bonds. The van der Waals surface area contributed by atoms with Gasteiger partial charge in [-0.15, -0.1) is 0 Å². The van der Waals surface area contributed by atoms with Gasteiger partial charge in [-0.05, 0) is 24.3 Å². The van der Waals surface area contributed by atoms with Crippen LogP contribution in [0, 0.1) is 5.92 Å². The third-order valence-corrected chi connectivity index (χ3v) is 3.54. The van der Waals surface area contributed by atoms with Crippen LogP contribution in [0.5, 0.6) is 0 Å². The fraction of sp³-hybridized carbons (Fsp3) is 0.500. The molecular weight excluding hydrogens is 224 g/mol. The van der Waals surface area contributed by atoms with Crippen LogP contribution >= 0.6 is 0 Å². The van der Waals surface area contributed by atoms with Crippen LogP contribution < -0.4 is 0 Å². The molecule has 88 valence electrons. The normalized spacial score (nSPS) is 19.1. The van der Waals surface area contributed by atoms with E-state index in [0.717, 1.165) is 24.7 Å². The molecule has 0 aliphatic heterocycles. The molecule has 0 bridgehead atoms. The zero-order valence-corrected chi connectivity index (χ0v) is 10.1. The van der Waals surface area contributed by atoms with E-state index in [1.165, 1.54) is 6.42 Å². The quantitative estimate of drug-likeness (QED) is 0.759. The molecule has 0 N–H and O–H groups in total. The Balaban J connectivity index is 2.21. The van der Waals surface area contributed by atoms with Gasteiger partial charge in [-0.3, -0.25) is 4.18 Å². The molecule has 0 radical (unpaired) electrons. The van der Waals surface area contributed by atoms with Crippen LogP contribution in [0.15, 0.2) is 30.3 Å². The van der Waals surface area contributed by atoms with Crippen LogP contribution in [-0.4, -0.2) is 14.7 Å². The second-order valence-corrected chi connectivity index (χ2v) is 5.92. The molecule has 16 heavy (non-hydrogen) atoms. The van der Waals surface area contributed by atoms with Gasteiger partial charge in [0.2, 0.25) is 0 Å². The van der Waals surface area contributed by atoms with Gasteiger partial charge in [-0.25, -0.2) is 0 Å². The third-order valence-electron chi connectivity index (χ3n) is 2.98. The topological polar surface area (TPSA) is 43.4 Å². The van der Waals surface area contributed by atoms with Crippen molar-refractivity contribution in [3.8, 4) is 0 Å². The number of rotatable bonds is 4. The Morgan fingerprint density at radius 3 is 2.31 bits per heavy atom. The molecule has 1 aliphatic carbocycles. The first kappa shape index (κ1) is 11.6. The molecule has 1 atom stereocenters. The van der Waals surface area contributed by atoms with E-state index in [2.05, 4.69) is 0 Å². The van der Waals surface area contributed by atoms with Gasteiger partial charge >= 0.3 is 0 Å². The van der Waals surface area contributed by atoms with Crippen molar-refractivity contribution in [2.24, 2.45) is 5.92 Å². The summed E-state index contributed by atoms with van der Waals surface area (Å²) in [6.45, 7) is 0. The lowest BCUT2D eigenvalue weighted by Crippen LogP contribution is -2.24. The lowest BCUT2D eigenvalue weighted by atomic mass is 9.79. The summed E-state index contributed by atoms with van der Waals surface area (Å²) in [6.07, 6.45) is 4.08. The van der Waals surface area contributed by atoms with Gasteiger partial charge in [-0.1, -0.05) is 36.8 Å². The lowest BCUT2D eigenvalue weighted by Gasteiger charge is -2.32. The molecular formula is C12H16O3S. The minimum Gasteiger partial charge on any atom is -0.262 e. The first-order valence-electron chi connectivity index (χ1n) is 5.49. The minimum atomic E-state index is -3.39. The van der Waals surface area contributed by atoms with Crippen LogP contribution in [0.1, 0.15) is 30.9 Å². The van der Waals surface area contributed by atoms with E-state index in [-0.39, 0.29) is 6.10 Å². The molecule has 0 saturated heterocycles. The zero-order chi connectivity index (χ0) is 11.6. The van der Waals surface area contributed by atoms with E-state index in [0.29, 0.717) is 5.92 Å². The Morgan fingerprint density at radius 2 is 1.88 bits per heavy atom. The van der Waals surface area contributed by atoms with Gasteiger partial charge in [0.25, 0.3) is 10.1 Å². The maximum absolute atomic E-state index is 11.2. The second kappa shape index (κ2) is 4.55. The highest BCUT2D eigenvalue weighted by atomic mass is 32.2. The molecule has 0 heterocycles. The Morgan fingerprint density at radius 1 is 1.25 bits per heavy atom. The van der Waals surface area contributed by atoms with Gasteiger partial charge < -0.3 is 0 Å². The van der Waals surface area contributed by atoms with E-state index in [1.807, 2.05) is 30.3 Å².